The lowest BCUT2D eigenvalue weighted by atomic mass is 10.0. The molecule has 174 valence electrons. The lowest BCUT2D eigenvalue weighted by Gasteiger charge is -2.14. The van der Waals surface area contributed by atoms with Crippen LogP contribution >= 0.6 is 11.6 Å². The summed E-state index contributed by atoms with van der Waals surface area (Å²) in [5, 5.41) is 5.69. The van der Waals surface area contributed by atoms with Crippen LogP contribution in [0, 0.1) is 13.8 Å². The minimum Gasteiger partial charge on any atom is -0.487 e. The molecule has 2 aromatic heterocycles. The quantitative estimate of drug-likeness (QED) is 0.342. The molecule has 1 atom stereocenters. The van der Waals surface area contributed by atoms with Gasteiger partial charge < -0.3 is 9.47 Å². The SMILES string of the molecule is Cc1cc(-c2nn(-c3ccc(Cl)c(OCc4ccccc4)c3)c3c2CCO[C@H](C)C3)cc(C)n1. The first kappa shape index (κ1) is 22.6. The fourth-order valence-electron chi connectivity index (χ4n) is 4.54. The predicted molar refractivity (Wildman–Crippen MR) is 135 cm³/mol. The molecule has 0 N–H and O–H groups in total. The van der Waals surface area contributed by atoms with Crippen LogP contribution in [0.3, 0.4) is 0 Å². The highest BCUT2D eigenvalue weighted by Gasteiger charge is 2.25. The molecule has 1 aliphatic heterocycles. The smallest absolute Gasteiger partial charge is 0.140 e. The first-order valence-corrected chi connectivity index (χ1v) is 12.0. The van der Waals surface area contributed by atoms with Crippen molar-refractivity contribution in [1.29, 1.82) is 0 Å². The zero-order valence-corrected chi connectivity index (χ0v) is 20.5. The van der Waals surface area contributed by atoms with Crippen LogP contribution in [-0.2, 0) is 24.2 Å². The Morgan fingerprint density at radius 3 is 2.59 bits per heavy atom. The van der Waals surface area contributed by atoms with Crippen molar-refractivity contribution in [2.75, 3.05) is 6.61 Å². The summed E-state index contributed by atoms with van der Waals surface area (Å²) in [6.07, 6.45) is 1.72. The van der Waals surface area contributed by atoms with E-state index < -0.39 is 0 Å². The van der Waals surface area contributed by atoms with Crippen LogP contribution in [0.15, 0.2) is 60.7 Å². The van der Waals surface area contributed by atoms with E-state index in [2.05, 4.69) is 24.0 Å². The number of rotatable bonds is 5. The molecule has 5 rings (SSSR count). The summed E-state index contributed by atoms with van der Waals surface area (Å²) < 4.78 is 14.1. The van der Waals surface area contributed by atoms with Crippen LogP contribution in [0.2, 0.25) is 5.02 Å². The van der Waals surface area contributed by atoms with Crippen molar-refractivity contribution in [2.45, 2.75) is 46.3 Å². The van der Waals surface area contributed by atoms with E-state index >= 15 is 0 Å². The Hall–Kier alpha value is -3.15. The lowest BCUT2D eigenvalue weighted by molar-refractivity contribution is 0.0735. The van der Waals surface area contributed by atoms with Crippen LogP contribution in [-0.4, -0.2) is 27.5 Å². The fraction of sp³-hybridized carbons (Fsp3) is 0.286. The first-order valence-electron chi connectivity index (χ1n) is 11.6. The Kier molecular flexibility index (Phi) is 6.40. The van der Waals surface area contributed by atoms with Gasteiger partial charge in [0, 0.05) is 35.0 Å². The van der Waals surface area contributed by atoms with Crippen molar-refractivity contribution in [3.63, 3.8) is 0 Å². The minimum absolute atomic E-state index is 0.117. The molecule has 0 unspecified atom stereocenters. The summed E-state index contributed by atoms with van der Waals surface area (Å²) in [6.45, 7) is 7.29. The van der Waals surface area contributed by atoms with Gasteiger partial charge in [-0.3, -0.25) is 4.98 Å². The highest BCUT2D eigenvalue weighted by Crippen LogP contribution is 2.34. The molecule has 2 aromatic carbocycles. The van der Waals surface area contributed by atoms with Crippen molar-refractivity contribution in [2.24, 2.45) is 0 Å². The Labute approximate surface area is 205 Å². The van der Waals surface area contributed by atoms with E-state index in [1.807, 2.05) is 67.1 Å². The van der Waals surface area contributed by atoms with Crippen LogP contribution in [0.25, 0.3) is 16.9 Å². The summed E-state index contributed by atoms with van der Waals surface area (Å²) in [4.78, 5) is 4.54. The number of aryl methyl sites for hydroxylation is 2. The predicted octanol–water partition coefficient (Wildman–Crippen LogP) is 6.29. The number of fused-ring (bicyclic) bond motifs is 1. The minimum atomic E-state index is 0.117. The molecule has 0 saturated carbocycles. The van der Waals surface area contributed by atoms with Crippen molar-refractivity contribution < 1.29 is 9.47 Å². The topological polar surface area (TPSA) is 49.2 Å². The van der Waals surface area contributed by atoms with E-state index in [0.717, 1.165) is 46.7 Å². The van der Waals surface area contributed by atoms with Gasteiger partial charge in [-0.05, 0) is 57.0 Å². The molecule has 3 heterocycles. The first-order chi connectivity index (χ1) is 16.5. The highest BCUT2D eigenvalue weighted by atomic mass is 35.5. The molecule has 1 aliphatic rings. The fourth-order valence-corrected chi connectivity index (χ4v) is 4.71. The van der Waals surface area contributed by atoms with Gasteiger partial charge in [0.2, 0.25) is 0 Å². The van der Waals surface area contributed by atoms with Gasteiger partial charge in [0.1, 0.15) is 12.4 Å². The number of hydrogen-bond acceptors (Lipinski definition) is 4. The zero-order valence-electron chi connectivity index (χ0n) is 19.7. The molecule has 0 spiro atoms. The molecular weight excluding hydrogens is 446 g/mol. The molecule has 0 saturated heterocycles. The van der Waals surface area contributed by atoms with E-state index in [4.69, 9.17) is 26.2 Å². The molecule has 0 bridgehead atoms. The van der Waals surface area contributed by atoms with Crippen molar-refractivity contribution in [3.05, 3.63) is 93.9 Å². The molecule has 0 fully saturated rings. The number of pyridine rings is 1. The van der Waals surface area contributed by atoms with E-state index in [1.54, 1.807) is 0 Å². The highest BCUT2D eigenvalue weighted by molar-refractivity contribution is 6.32. The summed E-state index contributed by atoms with van der Waals surface area (Å²) in [5.74, 6) is 0.641. The summed E-state index contributed by atoms with van der Waals surface area (Å²) in [5.41, 5.74) is 8.46. The van der Waals surface area contributed by atoms with Crippen molar-refractivity contribution in [1.82, 2.24) is 14.8 Å². The lowest BCUT2D eigenvalue weighted by Crippen LogP contribution is -2.13. The Balaban J connectivity index is 1.57. The molecule has 0 aliphatic carbocycles. The van der Waals surface area contributed by atoms with Gasteiger partial charge in [-0.2, -0.15) is 5.10 Å². The Bertz CT molecular complexity index is 1300. The third-order valence-corrected chi connectivity index (χ3v) is 6.39. The maximum absolute atomic E-state index is 6.50. The third kappa shape index (κ3) is 4.72. The number of ether oxygens (including phenoxy) is 2. The maximum atomic E-state index is 6.50. The largest absolute Gasteiger partial charge is 0.487 e. The van der Waals surface area contributed by atoms with Gasteiger partial charge in [0.05, 0.1) is 34.8 Å². The average molecular weight is 474 g/mol. The van der Waals surface area contributed by atoms with Gasteiger partial charge in [-0.25, -0.2) is 4.68 Å². The number of hydrogen-bond donors (Lipinski definition) is 0. The van der Waals surface area contributed by atoms with Crippen LogP contribution < -0.4 is 4.74 Å². The molecular formula is C28H28ClN3O2. The second kappa shape index (κ2) is 9.61. The molecule has 4 aromatic rings. The Morgan fingerprint density at radius 1 is 1.06 bits per heavy atom. The zero-order chi connectivity index (χ0) is 23.7. The molecule has 6 heteroatoms. The van der Waals surface area contributed by atoms with E-state index in [9.17, 15) is 0 Å². The Morgan fingerprint density at radius 2 is 1.82 bits per heavy atom. The van der Waals surface area contributed by atoms with Crippen LogP contribution in [0.4, 0.5) is 0 Å². The molecule has 34 heavy (non-hydrogen) atoms. The van der Waals surface area contributed by atoms with Gasteiger partial charge in [0.25, 0.3) is 0 Å². The maximum Gasteiger partial charge on any atom is 0.140 e. The van der Waals surface area contributed by atoms with Crippen LogP contribution in [0.1, 0.15) is 35.1 Å². The molecule has 0 radical (unpaired) electrons. The number of nitrogens with zero attached hydrogens (tertiary/aromatic N) is 3. The monoisotopic (exact) mass is 473 g/mol. The third-order valence-electron chi connectivity index (χ3n) is 6.08. The van der Waals surface area contributed by atoms with Crippen molar-refractivity contribution in [3.8, 4) is 22.7 Å². The van der Waals surface area contributed by atoms with E-state index in [0.29, 0.717) is 24.0 Å². The van der Waals surface area contributed by atoms with Crippen molar-refractivity contribution >= 4 is 11.6 Å². The summed E-state index contributed by atoms with van der Waals surface area (Å²) in [7, 11) is 0. The van der Waals surface area contributed by atoms with Gasteiger partial charge >= 0.3 is 0 Å². The summed E-state index contributed by atoms with van der Waals surface area (Å²) in [6, 6.07) is 20.1. The second-order valence-corrected chi connectivity index (χ2v) is 9.26. The number of halogens is 1. The van der Waals surface area contributed by atoms with Gasteiger partial charge in [-0.15, -0.1) is 0 Å². The molecule has 5 nitrogen and oxygen atoms in total. The molecule has 0 amide bonds. The van der Waals surface area contributed by atoms with E-state index in [1.165, 1.54) is 11.3 Å². The van der Waals surface area contributed by atoms with Gasteiger partial charge in [-0.1, -0.05) is 41.9 Å². The summed E-state index contributed by atoms with van der Waals surface area (Å²) >= 11 is 6.50. The average Bonchev–Trinajstić information content (AvgIpc) is 3.05. The standard InChI is InChI=1S/C28H28ClN3O2/c1-18-13-22(14-19(2)30-18)28-24-11-12-33-20(3)15-26(24)32(31-28)23-9-10-25(29)27(16-23)34-17-21-7-5-4-6-8-21/h4-10,13-14,16,20H,11-12,15,17H2,1-3H3/t20-/m1/s1. The normalized spacial score (nSPS) is 15.6. The van der Waals surface area contributed by atoms with Gasteiger partial charge in [0.15, 0.2) is 0 Å². The number of aromatic nitrogens is 3. The second-order valence-electron chi connectivity index (χ2n) is 8.85. The van der Waals surface area contributed by atoms with Crippen LogP contribution in [0.5, 0.6) is 5.75 Å². The number of benzene rings is 2. The van der Waals surface area contributed by atoms with E-state index in [-0.39, 0.29) is 6.10 Å².